The van der Waals surface area contributed by atoms with Gasteiger partial charge in [-0.2, -0.15) is 0 Å². The summed E-state index contributed by atoms with van der Waals surface area (Å²) in [6.45, 7) is 4.37. The van der Waals surface area contributed by atoms with E-state index in [0.717, 1.165) is 31.0 Å². The Kier molecular flexibility index (Phi) is 6.95. The third kappa shape index (κ3) is 5.94. The molecule has 0 saturated heterocycles. The number of nitrogens with one attached hydrogen (secondary N) is 1. The summed E-state index contributed by atoms with van der Waals surface area (Å²) in [5.41, 5.74) is 1.27. The number of hydrogen-bond donors (Lipinski definition) is 1. The van der Waals surface area contributed by atoms with Crippen molar-refractivity contribution in [2.75, 3.05) is 13.1 Å². The van der Waals surface area contributed by atoms with Crippen LogP contribution in [0.1, 0.15) is 25.3 Å². The Labute approximate surface area is 104 Å². The highest BCUT2D eigenvalue weighted by molar-refractivity contribution is 6.30. The molecule has 0 atom stereocenters. The lowest BCUT2D eigenvalue weighted by Crippen LogP contribution is -2.14. The van der Waals surface area contributed by atoms with Crippen LogP contribution in [0.25, 0.3) is 0 Å². The summed E-state index contributed by atoms with van der Waals surface area (Å²) in [4.78, 5) is 0. The summed E-state index contributed by atoms with van der Waals surface area (Å²) < 4.78 is 0. The lowest BCUT2D eigenvalue weighted by Gasteiger charge is -1.99. The quantitative estimate of drug-likeness (QED) is 0.562. The van der Waals surface area contributed by atoms with Crippen LogP contribution in [0.4, 0.5) is 0 Å². The summed E-state index contributed by atoms with van der Waals surface area (Å²) in [5.74, 6) is 0. The molecule has 0 unspecified atom stereocenters. The van der Waals surface area contributed by atoms with Gasteiger partial charge in [0.1, 0.15) is 0 Å². The molecule has 16 heavy (non-hydrogen) atoms. The summed E-state index contributed by atoms with van der Waals surface area (Å²) in [6.07, 6.45) is 7.70. The summed E-state index contributed by atoms with van der Waals surface area (Å²) >= 11 is 5.91. The van der Waals surface area contributed by atoms with Gasteiger partial charge in [-0.1, -0.05) is 42.8 Å². The molecule has 0 heterocycles. The van der Waals surface area contributed by atoms with E-state index in [9.17, 15) is 0 Å². The van der Waals surface area contributed by atoms with Crippen LogP contribution in [0.5, 0.6) is 0 Å². The molecule has 0 fully saturated rings. The maximum atomic E-state index is 5.91. The molecular formula is C14H20ClN. The molecule has 0 bridgehead atoms. The first-order valence-corrected chi connectivity index (χ1v) is 6.31. The van der Waals surface area contributed by atoms with Crippen LogP contribution in [-0.2, 0) is 6.42 Å². The highest BCUT2D eigenvalue weighted by atomic mass is 35.5. The van der Waals surface area contributed by atoms with Crippen molar-refractivity contribution in [3.63, 3.8) is 0 Å². The molecule has 1 N–H and O–H groups in total. The SMILES string of the molecule is CCCNCCC=CCc1cccc(Cl)c1. The van der Waals surface area contributed by atoms with E-state index in [0.29, 0.717) is 0 Å². The number of halogens is 1. The first-order chi connectivity index (χ1) is 7.83. The Morgan fingerprint density at radius 3 is 2.88 bits per heavy atom. The third-order valence-corrected chi connectivity index (χ3v) is 2.56. The van der Waals surface area contributed by atoms with E-state index < -0.39 is 0 Å². The Morgan fingerprint density at radius 1 is 1.25 bits per heavy atom. The lowest BCUT2D eigenvalue weighted by atomic mass is 10.1. The molecule has 0 aromatic heterocycles. The topological polar surface area (TPSA) is 12.0 Å². The molecular weight excluding hydrogens is 218 g/mol. The lowest BCUT2D eigenvalue weighted by molar-refractivity contribution is 0.678. The molecule has 1 aromatic rings. The predicted octanol–water partition coefficient (Wildman–Crippen LogP) is 3.83. The standard InChI is InChI=1S/C14H20ClN/c1-2-10-16-11-5-3-4-7-13-8-6-9-14(15)12-13/h3-4,6,8-9,12,16H,2,5,7,10-11H2,1H3. The second-order valence-corrected chi connectivity index (χ2v) is 4.28. The zero-order valence-electron chi connectivity index (χ0n) is 9.88. The molecule has 2 heteroatoms. The third-order valence-electron chi connectivity index (χ3n) is 2.32. The van der Waals surface area contributed by atoms with E-state index in [1.807, 2.05) is 18.2 Å². The van der Waals surface area contributed by atoms with Crippen molar-refractivity contribution in [2.24, 2.45) is 0 Å². The van der Waals surface area contributed by atoms with Gasteiger partial charge in [-0.05, 0) is 50.0 Å². The van der Waals surface area contributed by atoms with Gasteiger partial charge in [-0.25, -0.2) is 0 Å². The van der Waals surface area contributed by atoms with Crippen LogP contribution in [0, 0.1) is 0 Å². The van der Waals surface area contributed by atoms with Crippen molar-refractivity contribution in [2.45, 2.75) is 26.2 Å². The smallest absolute Gasteiger partial charge is 0.0408 e. The molecule has 0 saturated carbocycles. The van der Waals surface area contributed by atoms with Crippen molar-refractivity contribution in [3.8, 4) is 0 Å². The number of hydrogen-bond acceptors (Lipinski definition) is 1. The minimum Gasteiger partial charge on any atom is -0.316 e. The van der Waals surface area contributed by atoms with Crippen LogP contribution in [-0.4, -0.2) is 13.1 Å². The average molecular weight is 238 g/mol. The van der Waals surface area contributed by atoms with Crippen LogP contribution in [0.3, 0.4) is 0 Å². The van der Waals surface area contributed by atoms with Gasteiger partial charge in [0.05, 0.1) is 0 Å². The van der Waals surface area contributed by atoms with E-state index in [1.54, 1.807) is 0 Å². The molecule has 0 amide bonds. The minimum atomic E-state index is 0.815. The monoisotopic (exact) mass is 237 g/mol. The van der Waals surface area contributed by atoms with Crippen LogP contribution in [0.2, 0.25) is 5.02 Å². The molecule has 1 nitrogen and oxygen atoms in total. The molecule has 0 spiro atoms. The Bertz CT molecular complexity index is 320. The first kappa shape index (κ1) is 13.3. The van der Waals surface area contributed by atoms with E-state index >= 15 is 0 Å². The van der Waals surface area contributed by atoms with Gasteiger partial charge in [0, 0.05) is 5.02 Å². The number of allylic oxidation sites excluding steroid dienone is 1. The van der Waals surface area contributed by atoms with Crippen molar-refractivity contribution in [3.05, 3.63) is 47.0 Å². The van der Waals surface area contributed by atoms with Gasteiger partial charge < -0.3 is 5.32 Å². The highest BCUT2D eigenvalue weighted by Gasteiger charge is 1.90. The van der Waals surface area contributed by atoms with Gasteiger partial charge in [0.15, 0.2) is 0 Å². The van der Waals surface area contributed by atoms with Crippen molar-refractivity contribution < 1.29 is 0 Å². The zero-order valence-corrected chi connectivity index (χ0v) is 10.6. The molecule has 1 aromatic carbocycles. The van der Waals surface area contributed by atoms with Crippen LogP contribution < -0.4 is 5.32 Å². The fourth-order valence-electron chi connectivity index (χ4n) is 1.49. The van der Waals surface area contributed by atoms with Gasteiger partial charge in [0.2, 0.25) is 0 Å². The number of benzene rings is 1. The average Bonchev–Trinajstić information content (AvgIpc) is 2.28. The molecule has 0 radical (unpaired) electrons. The maximum Gasteiger partial charge on any atom is 0.0408 e. The van der Waals surface area contributed by atoms with Crippen molar-refractivity contribution >= 4 is 11.6 Å². The van der Waals surface area contributed by atoms with E-state index in [1.165, 1.54) is 12.0 Å². The second-order valence-electron chi connectivity index (χ2n) is 3.84. The maximum absolute atomic E-state index is 5.91. The zero-order chi connectivity index (χ0) is 11.6. The summed E-state index contributed by atoms with van der Waals surface area (Å²) in [7, 11) is 0. The van der Waals surface area contributed by atoms with Crippen LogP contribution in [0.15, 0.2) is 36.4 Å². The second kappa shape index (κ2) is 8.37. The van der Waals surface area contributed by atoms with Gasteiger partial charge in [0.25, 0.3) is 0 Å². The Balaban J connectivity index is 2.16. The summed E-state index contributed by atoms with van der Waals surface area (Å²) in [6, 6.07) is 8.02. The minimum absolute atomic E-state index is 0.815. The molecule has 1 rings (SSSR count). The summed E-state index contributed by atoms with van der Waals surface area (Å²) in [5, 5.41) is 4.19. The van der Waals surface area contributed by atoms with E-state index in [4.69, 9.17) is 11.6 Å². The highest BCUT2D eigenvalue weighted by Crippen LogP contribution is 2.11. The molecule has 0 aliphatic carbocycles. The molecule has 88 valence electrons. The normalized spacial score (nSPS) is 11.1. The number of rotatable bonds is 7. The molecule has 0 aliphatic heterocycles. The fraction of sp³-hybridized carbons (Fsp3) is 0.429. The largest absolute Gasteiger partial charge is 0.316 e. The van der Waals surface area contributed by atoms with Gasteiger partial charge >= 0.3 is 0 Å². The van der Waals surface area contributed by atoms with Crippen molar-refractivity contribution in [1.82, 2.24) is 5.32 Å². The van der Waals surface area contributed by atoms with E-state index in [-0.39, 0.29) is 0 Å². The fourth-order valence-corrected chi connectivity index (χ4v) is 1.70. The van der Waals surface area contributed by atoms with E-state index in [2.05, 4.69) is 30.5 Å². The van der Waals surface area contributed by atoms with Gasteiger partial charge in [-0.3, -0.25) is 0 Å². The first-order valence-electron chi connectivity index (χ1n) is 5.93. The van der Waals surface area contributed by atoms with Gasteiger partial charge in [-0.15, -0.1) is 0 Å². The van der Waals surface area contributed by atoms with Crippen molar-refractivity contribution in [1.29, 1.82) is 0 Å². The molecule has 0 aliphatic rings. The Hall–Kier alpha value is -0.790. The van der Waals surface area contributed by atoms with Crippen LogP contribution >= 0.6 is 11.6 Å². The Morgan fingerprint density at radius 2 is 2.12 bits per heavy atom. The predicted molar refractivity (Wildman–Crippen MR) is 72.1 cm³/mol.